The van der Waals surface area contributed by atoms with Gasteiger partial charge in [0.05, 0.1) is 30.3 Å². The lowest BCUT2D eigenvalue weighted by atomic mass is 9.72. The number of carbonyl (C=O) groups is 2. The number of para-hydroxylation sites is 1. The summed E-state index contributed by atoms with van der Waals surface area (Å²) >= 11 is 1.54. The number of amides is 2. The Kier molecular flexibility index (Phi) is 5.03. The predicted molar refractivity (Wildman–Crippen MR) is 132 cm³/mol. The van der Waals surface area contributed by atoms with Crippen molar-refractivity contribution in [3.63, 3.8) is 0 Å². The average Bonchev–Trinajstić information content (AvgIpc) is 3.43. The monoisotopic (exact) mass is 466 g/mol. The molecule has 1 aliphatic heterocycles. The summed E-state index contributed by atoms with van der Waals surface area (Å²) in [5.74, 6) is -0.668. The van der Waals surface area contributed by atoms with E-state index in [1.165, 1.54) is 4.90 Å². The molecule has 5 nitrogen and oxygen atoms in total. The van der Waals surface area contributed by atoms with E-state index >= 15 is 0 Å². The molecule has 2 amide bonds. The minimum atomic E-state index is -0.529. The Morgan fingerprint density at radius 1 is 0.882 bits per heavy atom. The smallest absolute Gasteiger partial charge is 0.243 e. The first-order valence-electron chi connectivity index (χ1n) is 11.3. The standard InChI is InChI=1S/C28H22N2O3S/c1-33-20-14-12-17(13-15-20)21-16-22-25(34-26(29-22)18-8-4-2-5-9-18)24-23(21)27(31)30(28(24)32)19-10-6-3-7-11-19/h2-15,21,23-24H,16H2,1H3/t21-,23+,24+/m1/s1. The number of methoxy groups -OCH3 is 1. The number of benzene rings is 3. The van der Waals surface area contributed by atoms with E-state index < -0.39 is 11.8 Å². The number of carbonyl (C=O) groups excluding carboxylic acids is 2. The molecule has 4 aromatic rings. The molecule has 0 saturated carbocycles. The van der Waals surface area contributed by atoms with Crippen molar-refractivity contribution in [2.75, 3.05) is 12.0 Å². The van der Waals surface area contributed by atoms with Gasteiger partial charge in [-0.15, -0.1) is 11.3 Å². The van der Waals surface area contributed by atoms with Crippen molar-refractivity contribution >= 4 is 28.8 Å². The summed E-state index contributed by atoms with van der Waals surface area (Å²) in [6, 6.07) is 27.0. The molecule has 3 aromatic carbocycles. The molecule has 6 rings (SSSR count). The Morgan fingerprint density at radius 3 is 2.24 bits per heavy atom. The number of ether oxygens (including phenoxy) is 1. The molecule has 0 radical (unpaired) electrons. The first kappa shape index (κ1) is 20.8. The molecule has 1 fully saturated rings. The molecule has 168 valence electrons. The molecule has 2 aliphatic rings. The number of thiazole rings is 1. The van der Waals surface area contributed by atoms with Crippen LogP contribution in [0.3, 0.4) is 0 Å². The minimum absolute atomic E-state index is 0.137. The zero-order valence-electron chi connectivity index (χ0n) is 18.5. The van der Waals surface area contributed by atoms with E-state index in [2.05, 4.69) is 0 Å². The van der Waals surface area contributed by atoms with Crippen molar-refractivity contribution in [3.05, 3.63) is 101 Å². The van der Waals surface area contributed by atoms with Gasteiger partial charge in [-0.3, -0.25) is 9.59 Å². The second kappa shape index (κ2) is 8.22. The van der Waals surface area contributed by atoms with Crippen LogP contribution in [-0.2, 0) is 16.0 Å². The normalized spacial score (nSPS) is 21.3. The van der Waals surface area contributed by atoms with Crippen LogP contribution in [0, 0.1) is 5.92 Å². The van der Waals surface area contributed by atoms with E-state index in [1.807, 2.05) is 84.9 Å². The number of hydrogen-bond acceptors (Lipinski definition) is 5. The van der Waals surface area contributed by atoms with Gasteiger partial charge in [0.2, 0.25) is 11.8 Å². The zero-order chi connectivity index (χ0) is 23.2. The van der Waals surface area contributed by atoms with E-state index in [-0.39, 0.29) is 17.7 Å². The van der Waals surface area contributed by atoms with Crippen molar-refractivity contribution < 1.29 is 14.3 Å². The van der Waals surface area contributed by atoms with Crippen molar-refractivity contribution in [3.8, 4) is 16.3 Å². The second-order valence-corrected chi connectivity index (χ2v) is 9.66. The first-order valence-corrected chi connectivity index (χ1v) is 12.1. The summed E-state index contributed by atoms with van der Waals surface area (Å²) in [6.07, 6.45) is 0.619. The molecule has 0 unspecified atom stereocenters. The fourth-order valence-corrected chi connectivity index (χ4v) is 6.41. The molecule has 1 aromatic heterocycles. The summed E-state index contributed by atoms with van der Waals surface area (Å²) in [6.45, 7) is 0. The van der Waals surface area contributed by atoms with Crippen LogP contribution in [0.15, 0.2) is 84.9 Å². The van der Waals surface area contributed by atoms with Gasteiger partial charge in [-0.1, -0.05) is 60.7 Å². The van der Waals surface area contributed by atoms with Gasteiger partial charge in [0.15, 0.2) is 0 Å². The van der Waals surface area contributed by atoms with Gasteiger partial charge < -0.3 is 4.74 Å². The molecule has 1 saturated heterocycles. The lowest BCUT2D eigenvalue weighted by Crippen LogP contribution is -2.32. The van der Waals surface area contributed by atoms with Crippen molar-refractivity contribution in [2.24, 2.45) is 5.92 Å². The summed E-state index contributed by atoms with van der Waals surface area (Å²) in [7, 11) is 1.63. The van der Waals surface area contributed by atoms with Gasteiger partial charge in [-0.2, -0.15) is 0 Å². The van der Waals surface area contributed by atoms with Crippen molar-refractivity contribution in [2.45, 2.75) is 18.3 Å². The zero-order valence-corrected chi connectivity index (χ0v) is 19.4. The highest BCUT2D eigenvalue weighted by Gasteiger charge is 2.56. The Morgan fingerprint density at radius 2 is 1.56 bits per heavy atom. The molecule has 1 aliphatic carbocycles. The van der Waals surface area contributed by atoms with E-state index in [0.29, 0.717) is 12.1 Å². The van der Waals surface area contributed by atoms with E-state index in [9.17, 15) is 9.59 Å². The van der Waals surface area contributed by atoms with Gasteiger partial charge in [0.1, 0.15) is 10.8 Å². The Balaban J connectivity index is 1.49. The van der Waals surface area contributed by atoms with Crippen LogP contribution in [0.2, 0.25) is 0 Å². The molecule has 2 heterocycles. The summed E-state index contributed by atoms with van der Waals surface area (Å²) in [4.78, 5) is 34.9. The van der Waals surface area contributed by atoms with E-state index in [4.69, 9.17) is 9.72 Å². The summed E-state index contributed by atoms with van der Waals surface area (Å²) in [5, 5.41) is 0.887. The number of hydrogen-bond donors (Lipinski definition) is 0. The Bertz CT molecular complexity index is 1370. The molecule has 3 atom stereocenters. The predicted octanol–water partition coefficient (Wildman–Crippen LogP) is 5.43. The lowest BCUT2D eigenvalue weighted by molar-refractivity contribution is -0.122. The number of fused-ring (bicyclic) bond motifs is 3. The van der Waals surface area contributed by atoms with Gasteiger partial charge in [-0.05, 0) is 36.2 Å². The van der Waals surface area contributed by atoms with Gasteiger partial charge in [-0.25, -0.2) is 9.88 Å². The van der Waals surface area contributed by atoms with Crippen LogP contribution in [0.25, 0.3) is 10.6 Å². The lowest BCUT2D eigenvalue weighted by Gasteiger charge is -2.30. The van der Waals surface area contributed by atoms with Crippen LogP contribution < -0.4 is 9.64 Å². The van der Waals surface area contributed by atoms with Crippen LogP contribution in [-0.4, -0.2) is 23.9 Å². The SMILES string of the molecule is COc1ccc([C@H]2Cc3nc(-c4ccccc4)sc3[C@H]3C(=O)N(c4ccccc4)C(=O)[C@@H]23)cc1. The van der Waals surface area contributed by atoms with Crippen LogP contribution in [0.4, 0.5) is 5.69 Å². The third kappa shape index (κ3) is 3.25. The van der Waals surface area contributed by atoms with Crippen molar-refractivity contribution in [1.82, 2.24) is 4.98 Å². The number of nitrogens with zero attached hydrogens (tertiary/aromatic N) is 2. The quantitative estimate of drug-likeness (QED) is 0.376. The summed E-state index contributed by atoms with van der Waals surface area (Å²) < 4.78 is 5.32. The van der Waals surface area contributed by atoms with Crippen LogP contribution >= 0.6 is 11.3 Å². The fraction of sp³-hybridized carbons (Fsp3) is 0.179. The van der Waals surface area contributed by atoms with E-state index in [1.54, 1.807) is 18.4 Å². The number of aromatic nitrogens is 1. The van der Waals surface area contributed by atoms with Gasteiger partial charge in [0.25, 0.3) is 0 Å². The molecule has 0 spiro atoms. The Hall–Kier alpha value is -3.77. The maximum absolute atomic E-state index is 13.8. The highest BCUT2D eigenvalue weighted by Crippen LogP contribution is 2.53. The molecule has 34 heavy (non-hydrogen) atoms. The third-order valence-electron chi connectivity index (χ3n) is 6.79. The average molecular weight is 467 g/mol. The Labute approximate surface area is 201 Å². The molecular weight excluding hydrogens is 444 g/mol. The minimum Gasteiger partial charge on any atom is -0.497 e. The maximum atomic E-state index is 13.8. The number of imide groups is 1. The molecule has 0 bridgehead atoms. The van der Waals surface area contributed by atoms with Crippen LogP contribution in [0.5, 0.6) is 5.75 Å². The number of anilines is 1. The molecule has 0 N–H and O–H groups in total. The molecule has 6 heteroatoms. The maximum Gasteiger partial charge on any atom is 0.243 e. The number of rotatable bonds is 4. The molecular formula is C28H22N2O3S. The largest absolute Gasteiger partial charge is 0.497 e. The van der Waals surface area contributed by atoms with Gasteiger partial charge in [0, 0.05) is 16.4 Å². The summed E-state index contributed by atoms with van der Waals surface area (Å²) in [5.41, 5.74) is 3.58. The van der Waals surface area contributed by atoms with Crippen molar-refractivity contribution in [1.29, 1.82) is 0 Å². The highest BCUT2D eigenvalue weighted by molar-refractivity contribution is 7.15. The highest BCUT2D eigenvalue weighted by atomic mass is 32.1. The third-order valence-corrected chi connectivity index (χ3v) is 8.02. The van der Waals surface area contributed by atoms with Crippen LogP contribution in [0.1, 0.15) is 28.0 Å². The second-order valence-electron chi connectivity index (χ2n) is 8.63. The van der Waals surface area contributed by atoms with Gasteiger partial charge >= 0.3 is 0 Å². The van der Waals surface area contributed by atoms with E-state index in [0.717, 1.165) is 32.5 Å². The first-order chi connectivity index (χ1) is 16.7. The fourth-order valence-electron chi connectivity index (χ4n) is 5.17. The topological polar surface area (TPSA) is 59.5 Å².